The number of nitrogens with zero attached hydrogens (tertiary/aromatic N) is 4. The highest BCUT2D eigenvalue weighted by Crippen LogP contribution is 2.37. The van der Waals surface area contributed by atoms with Crippen LogP contribution in [0.15, 0.2) is 206 Å². The molecule has 0 unspecified atom stereocenters. The smallest absolute Gasteiger partial charge is 0.164 e. The van der Waals surface area contributed by atoms with Gasteiger partial charge in [-0.05, 0) is 75.8 Å². The van der Waals surface area contributed by atoms with Crippen LogP contribution in [0.1, 0.15) is 0 Å². The first-order valence-corrected chi connectivity index (χ1v) is 18.5. The van der Waals surface area contributed by atoms with E-state index in [-0.39, 0.29) is 0 Å². The molecule has 0 fully saturated rings. The number of rotatable bonds is 7. The molecule has 0 aliphatic heterocycles. The van der Waals surface area contributed by atoms with E-state index in [4.69, 9.17) is 15.0 Å². The third kappa shape index (κ3) is 6.16. The normalized spacial score (nSPS) is 11.3. The highest BCUT2D eigenvalue weighted by Gasteiger charge is 2.15. The van der Waals surface area contributed by atoms with Crippen molar-refractivity contribution < 1.29 is 0 Å². The monoisotopic (exact) mass is 702 g/mol. The minimum atomic E-state index is 0.639. The summed E-state index contributed by atoms with van der Waals surface area (Å²) in [7, 11) is 0. The first-order chi connectivity index (χ1) is 27.2. The standard InChI is InChI=1S/C51H34N4/c1-4-15-35(16-5-1)42-29-30-48-46(34-42)45-27-10-11-28-47(45)55(48)44-26-14-24-41(33-44)39-22-12-21-38(31-39)40-23-13-25-43(32-40)51-53-49(36-17-6-2-7-18-36)52-50(54-51)37-19-8-3-9-20-37/h1-34H. The van der Waals surface area contributed by atoms with E-state index in [0.717, 1.165) is 44.6 Å². The number of benzene rings is 8. The molecule has 0 aliphatic rings. The van der Waals surface area contributed by atoms with E-state index < -0.39 is 0 Å². The summed E-state index contributed by atoms with van der Waals surface area (Å²) in [5.74, 6) is 1.94. The van der Waals surface area contributed by atoms with Crippen LogP contribution in [-0.4, -0.2) is 19.5 Å². The Morgan fingerprint density at radius 3 is 1.29 bits per heavy atom. The topological polar surface area (TPSA) is 43.6 Å². The van der Waals surface area contributed by atoms with Gasteiger partial charge in [-0.2, -0.15) is 0 Å². The number of hydrogen-bond acceptors (Lipinski definition) is 3. The Hall–Kier alpha value is -7.43. The second-order valence-electron chi connectivity index (χ2n) is 13.7. The van der Waals surface area contributed by atoms with E-state index in [1.807, 2.05) is 60.7 Å². The minimum absolute atomic E-state index is 0.639. The van der Waals surface area contributed by atoms with Crippen molar-refractivity contribution >= 4 is 21.8 Å². The lowest BCUT2D eigenvalue weighted by Crippen LogP contribution is -2.00. The Morgan fingerprint density at radius 2 is 0.673 bits per heavy atom. The zero-order chi connectivity index (χ0) is 36.6. The van der Waals surface area contributed by atoms with Crippen LogP contribution in [0.4, 0.5) is 0 Å². The number of fused-ring (bicyclic) bond motifs is 3. The number of hydrogen-bond donors (Lipinski definition) is 0. The molecule has 4 nitrogen and oxygen atoms in total. The second-order valence-corrected chi connectivity index (χ2v) is 13.7. The average molecular weight is 703 g/mol. The lowest BCUT2D eigenvalue weighted by molar-refractivity contribution is 1.07. The Balaban J connectivity index is 1.03. The third-order valence-electron chi connectivity index (χ3n) is 10.2. The first kappa shape index (κ1) is 32.2. The van der Waals surface area contributed by atoms with Gasteiger partial charge in [0.1, 0.15) is 0 Å². The molecule has 0 bridgehead atoms. The van der Waals surface area contributed by atoms with E-state index in [9.17, 15) is 0 Å². The Labute approximate surface area is 319 Å². The van der Waals surface area contributed by atoms with Gasteiger partial charge in [0.2, 0.25) is 0 Å². The zero-order valence-corrected chi connectivity index (χ0v) is 29.9. The zero-order valence-electron chi connectivity index (χ0n) is 29.9. The van der Waals surface area contributed by atoms with E-state index in [1.165, 1.54) is 32.9 Å². The molecular weight excluding hydrogens is 669 g/mol. The largest absolute Gasteiger partial charge is 0.309 e. The van der Waals surface area contributed by atoms with Gasteiger partial charge in [-0.1, -0.05) is 164 Å². The predicted molar refractivity (Wildman–Crippen MR) is 227 cm³/mol. The van der Waals surface area contributed by atoms with E-state index in [1.54, 1.807) is 0 Å². The van der Waals surface area contributed by atoms with Crippen molar-refractivity contribution in [2.75, 3.05) is 0 Å². The molecule has 0 atom stereocenters. The van der Waals surface area contributed by atoms with Crippen LogP contribution in [-0.2, 0) is 0 Å². The van der Waals surface area contributed by atoms with Crippen molar-refractivity contribution in [2.45, 2.75) is 0 Å². The van der Waals surface area contributed by atoms with Crippen molar-refractivity contribution in [1.82, 2.24) is 19.5 Å². The van der Waals surface area contributed by atoms with Gasteiger partial charge < -0.3 is 4.57 Å². The molecule has 0 spiro atoms. The molecule has 0 saturated carbocycles. The van der Waals surface area contributed by atoms with Gasteiger partial charge in [-0.3, -0.25) is 0 Å². The summed E-state index contributed by atoms with van der Waals surface area (Å²) >= 11 is 0. The SMILES string of the molecule is c1ccc(-c2ccc3c(c2)c2ccccc2n3-c2cccc(-c3cccc(-c4cccc(-c5nc(-c6ccccc6)nc(-c6ccccc6)n5)c4)c3)c2)cc1. The van der Waals surface area contributed by atoms with Gasteiger partial charge in [0.25, 0.3) is 0 Å². The van der Waals surface area contributed by atoms with E-state index in [0.29, 0.717) is 17.5 Å². The fourth-order valence-corrected chi connectivity index (χ4v) is 7.54. The molecular formula is C51H34N4. The lowest BCUT2D eigenvalue weighted by Gasteiger charge is -2.12. The maximum atomic E-state index is 4.97. The summed E-state index contributed by atoms with van der Waals surface area (Å²) in [6.45, 7) is 0. The molecule has 55 heavy (non-hydrogen) atoms. The van der Waals surface area contributed by atoms with E-state index >= 15 is 0 Å². The molecule has 2 aromatic heterocycles. The van der Waals surface area contributed by atoms with Crippen LogP contribution in [0.5, 0.6) is 0 Å². The van der Waals surface area contributed by atoms with Crippen molar-refractivity contribution in [1.29, 1.82) is 0 Å². The second kappa shape index (κ2) is 13.8. The van der Waals surface area contributed by atoms with Crippen molar-refractivity contribution in [3.8, 4) is 73.2 Å². The molecule has 8 aromatic carbocycles. The molecule has 0 saturated heterocycles. The van der Waals surface area contributed by atoms with Crippen LogP contribution in [0.3, 0.4) is 0 Å². The summed E-state index contributed by atoms with van der Waals surface area (Å²) in [6.07, 6.45) is 0. The van der Waals surface area contributed by atoms with Crippen LogP contribution >= 0.6 is 0 Å². The maximum Gasteiger partial charge on any atom is 0.164 e. The molecule has 0 N–H and O–H groups in total. The fourth-order valence-electron chi connectivity index (χ4n) is 7.54. The van der Waals surface area contributed by atoms with Crippen LogP contribution in [0.25, 0.3) is 95.0 Å². The number of para-hydroxylation sites is 1. The fraction of sp³-hybridized carbons (Fsp3) is 0. The van der Waals surface area contributed by atoms with Crippen molar-refractivity contribution in [2.24, 2.45) is 0 Å². The van der Waals surface area contributed by atoms with Crippen LogP contribution < -0.4 is 0 Å². The summed E-state index contributed by atoms with van der Waals surface area (Å²) in [6, 6.07) is 72.4. The van der Waals surface area contributed by atoms with Crippen molar-refractivity contribution in [3.63, 3.8) is 0 Å². The molecule has 10 aromatic rings. The predicted octanol–water partition coefficient (Wildman–Crippen LogP) is 13.0. The first-order valence-electron chi connectivity index (χ1n) is 18.5. The van der Waals surface area contributed by atoms with E-state index in [2.05, 4.69) is 150 Å². The summed E-state index contributed by atoms with van der Waals surface area (Å²) in [4.78, 5) is 14.8. The van der Waals surface area contributed by atoms with Gasteiger partial charge in [-0.15, -0.1) is 0 Å². The summed E-state index contributed by atoms with van der Waals surface area (Å²) in [5.41, 5.74) is 13.3. The minimum Gasteiger partial charge on any atom is -0.309 e. The van der Waals surface area contributed by atoms with Gasteiger partial charge in [0, 0.05) is 33.2 Å². The quantitative estimate of drug-likeness (QED) is 0.166. The molecule has 0 aliphatic carbocycles. The van der Waals surface area contributed by atoms with Gasteiger partial charge in [-0.25, -0.2) is 15.0 Å². The Bertz CT molecular complexity index is 2910. The highest BCUT2D eigenvalue weighted by molar-refractivity contribution is 6.10. The van der Waals surface area contributed by atoms with Crippen LogP contribution in [0.2, 0.25) is 0 Å². The summed E-state index contributed by atoms with van der Waals surface area (Å²) < 4.78 is 2.39. The molecule has 0 amide bonds. The van der Waals surface area contributed by atoms with Gasteiger partial charge in [0.15, 0.2) is 17.5 Å². The van der Waals surface area contributed by atoms with Gasteiger partial charge >= 0.3 is 0 Å². The average Bonchev–Trinajstić information content (AvgIpc) is 3.61. The molecule has 2 heterocycles. The molecule has 4 heteroatoms. The third-order valence-corrected chi connectivity index (χ3v) is 10.2. The lowest BCUT2D eigenvalue weighted by atomic mass is 9.97. The van der Waals surface area contributed by atoms with Crippen LogP contribution in [0, 0.1) is 0 Å². The number of aromatic nitrogens is 4. The highest BCUT2D eigenvalue weighted by atomic mass is 15.0. The van der Waals surface area contributed by atoms with Gasteiger partial charge in [0.05, 0.1) is 11.0 Å². The summed E-state index contributed by atoms with van der Waals surface area (Å²) in [5, 5.41) is 2.49. The molecule has 0 radical (unpaired) electrons. The Morgan fingerprint density at radius 1 is 0.255 bits per heavy atom. The Kier molecular flexibility index (Phi) is 8.12. The van der Waals surface area contributed by atoms with Crippen molar-refractivity contribution in [3.05, 3.63) is 206 Å². The molecule has 258 valence electrons. The maximum absolute atomic E-state index is 4.97. The molecule has 10 rings (SSSR count).